The predicted molar refractivity (Wildman–Crippen MR) is 115 cm³/mol. The number of amides is 2. The van der Waals surface area contributed by atoms with E-state index in [1.165, 1.54) is 22.7 Å². The summed E-state index contributed by atoms with van der Waals surface area (Å²) in [7, 11) is 0. The Kier molecular flexibility index (Phi) is 6.04. The molecule has 1 aliphatic carbocycles. The van der Waals surface area contributed by atoms with E-state index in [0.29, 0.717) is 11.7 Å². The lowest BCUT2D eigenvalue weighted by atomic mass is 9.89. The minimum Gasteiger partial charge on any atom is -0.302 e. The van der Waals surface area contributed by atoms with Gasteiger partial charge in [0, 0.05) is 24.1 Å². The summed E-state index contributed by atoms with van der Waals surface area (Å²) in [6.07, 6.45) is 5.46. The molecule has 2 aromatic rings. The van der Waals surface area contributed by atoms with Crippen LogP contribution in [-0.4, -0.2) is 34.1 Å². The number of carbonyl (C=O) groups is 2. The fourth-order valence-corrected chi connectivity index (χ4v) is 4.99. The Morgan fingerprint density at radius 2 is 2.03 bits per heavy atom. The summed E-state index contributed by atoms with van der Waals surface area (Å²) >= 11 is 1.58. The molecule has 7 heteroatoms. The summed E-state index contributed by atoms with van der Waals surface area (Å²) in [6, 6.07) is 9.88. The number of carbonyl (C=O) groups excluding carboxylic acids is 2. The quantitative estimate of drug-likeness (QED) is 0.782. The third-order valence-corrected chi connectivity index (χ3v) is 6.66. The number of nitrogens with one attached hydrogen (secondary N) is 1. The average molecular weight is 411 g/mol. The van der Waals surface area contributed by atoms with Crippen LogP contribution < -0.4 is 5.32 Å². The van der Waals surface area contributed by atoms with Gasteiger partial charge in [-0.3, -0.25) is 9.59 Å². The molecule has 1 aromatic heterocycles. The number of benzene rings is 1. The molecule has 1 atom stereocenters. The fraction of sp³-hybridized carbons (Fsp3) is 0.455. The van der Waals surface area contributed by atoms with Crippen molar-refractivity contribution in [3.05, 3.63) is 46.5 Å². The van der Waals surface area contributed by atoms with Gasteiger partial charge in [-0.05, 0) is 30.7 Å². The van der Waals surface area contributed by atoms with Crippen LogP contribution in [0.2, 0.25) is 0 Å². The maximum Gasteiger partial charge on any atom is 0.243 e. The lowest BCUT2D eigenvalue weighted by molar-refractivity contribution is -0.132. The van der Waals surface area contributed by atoms with Crippen molar-refractivity contribution in [1.82, 2.24) is 9.99 Å². The van der Waals surface area contributed by atoms with E-state index in [1.54, 1.807) is 11.3 Å². The summed E-state index contributed by atoms with van der Waals surface area (Å²) in [6.45, 7) is 2.80. The number of hydrogen-bond donors (Lipinski definition) is 1. The van der Waals surface area contributed by atoms with Gasteiger partial charge >= 0.3 is 0 Å². The van der Waals surface area contributed by atoms with E-state index in [-0.39, 0.29) is 24.7 Å². The summed E-state index contributed by atoms with van der Waals surface area (Å²) in [5.74, 6) is 0.448. The molecule has 2 aliphatic rings. The Labute approximate surface area is 175 Å². The number of aromatic nitrogens is 1. The van der Waals surface area contributed by atoms with E-state index >= 15 is 0 Å². The van der Waals surface area contributed by atoms with Gasteiger partial charge in [-0.25, -0.2) is 9.99 Å². The fourth-order valence-electron chi connectivity index (χ4n) is 3.85. The standard InChI is InChI=1S/C22H26N4O2S/c1-2-15-8-9-18-19(14-15)29-22(23-18)24-20(27)10-11-21(28)26-13-12-17(25-26)16-6-4-3-5-7-16/h3-7,15H,2,8-14H2,1H3,(H,23,24,27). The van der Waals surface area contributed by atoms with E-state index in [9.17, 15) is 9.59 Å². The van der Waals surface area contributed by atoms with Gasteiger partial charge in [0.25, 0.3) is 0 Å². The first-order chi connectivity index (χ1) is 14.1. The van der Waals surface area contributed by atoms with Crippen molar-refractivity contribution in [3.63, 3.8) is 0 Å². The van der Waals surface area contributed by atoms with Crippen molar-refractivity contribution in [3.8, 4) is 0 Å². The van der Waals surface area contributed by atoms with E-state index in [2.05, 4.69) is 22.3 Å². The van der Waals surface area contributed by atoms with Gasteiger partial charge in [0.05, 0.1) is 18.0 Å². The number of hydrazone groups is 1. The molecule has 1 N–H and O–H groups in total. The minimum atomic E-state index is -0.164. The van der Waals surface area contributed by atoms with Crippen LogP contribution in [-0.2, 0) is 22.4 Å². The largest absolute Gasteiger partial charge is 0.302 e. The van der Waals surface area contributed by atoms with Crippen LogP contribution in [0, 0.1) is 5.92 Å². The molecule has 1 aliphatic heterocycles. The topological polar surface area (TPSA) is 74.7 Å². The maximum atomic E-state index is 12.4. The number of anilines is 1. The zero-order valence-electron chi connectivity index (χ0n) is 16.7. The van der Waals surface area contributed by atoms with Crippen molar-refractivity contribution in [2.75, 3.05) is 11.9 Å². The summed E-state index contributed by atoms with van der Waals surface area (Å²) in [5.41, 5.74) is 3.09. The third kappa shape index (κ3) is 4.72. The molecule has 0 saturated heterocycles. The van der Waals surface area contributed by atoms with Crippen molar-refractivity contribution < 1.29 is 9.59 Å². The number of rotatable bonds is 6. The summed E-state index contributed by atoms with van der Waals surface area (Å²) < 4.78 is 0. The normalized spacial score (nSPS) is 18.3. The van der Waals surface area contributed by atoms with Crippen LogP contribution in [0.15, 0.2) is 35.4 Å². The predicted octanol–water partition coefficient (Wildman–Crippen LogP) is 4.01. The molecule has 29 heavy (non-hydrogen) atoms. The molecule has 0 saturated carbocycles. The summed E-state index contributed by atoms with van der Waals surface area (Å²) in [5, 5.41) is 9.46. The molecule has 152 valence electrons. The lowest BCUT2D eigenvalue weighted by Gasteiger charge is -2.18. The van der Waals surface area contributed by atoms with E-state index in [1.807, 2.05) is 30.3 Å². The number of fused-ring (bicyclic) bond motifs is 1. The lowest BCUT2D eigenvalue weighted by Crippen LogP contribution is -2.24. The number of nitrogens with zero attached hydrogens (tertiary/aromatic N) is 3. The second kappa shape index (κ2) is 8.86. The number of hydrogen-bond acceptors (Lipinski definition) is 5. The average Bonchev–Trinajstić information content (AvgIpc) is 3.39. The third-order valence-electron chi connectivity index (χ3n) is 5.63. The Morgan fingerprint density at radius 3 is 2.83 bits per heavy atom. The van der Waals surface area contributed by atoms with Crippen LogP contribution in [0.3, 0.4) is 0 Å². The molecule has 1 unspecified atom stereocenters. The van der Waals surface area contributed by atoms with Gasteiger partial charge in [0.2, 0.25) is 11.8 Å². The minimum absolute atomic E-state index is 0.115. The van der Waals surface area contributed by atoms with Crippen LogP contribution in [0.1, 0.15) is 55.2 Å². The first-order valence-corrected chi connectivity index (χ1v) is 11.2. The highest BCUT2D eigenvalue weighted by Gasteiger charge is 2.24. The van der Waals surface area contributed by atoms with Gasteiger partial charge < -0.3 is 5.32 Å². The number of thiazole rings is 1. The molecule has 4 rings (SSSR count). The van der Waals surface area contributed by atoms with Crippen LogP contribution >= 0.6 is 11.3 Å². The van der Waals surface area contributed by atoms with Crippen molar-refractivity contribution >= 4 is 34.0 Å². The van der Waals surface area contributed by atoms with Crippen LogP contribution in [0.5, 0.6) is 0 Å². The molecule has 0 fully saturated rings. The van der Waals surface area contributed by atoms with Crippen LogP contribution in [0.25, 0.3) is 0 Å². The first-order valence-electron chi connectivity index (χ1n) is 10.3. The monoisotopic (exact) mass is 410 g/mol. The zero-order chi connectivity index (χ0) is 20.2. The van der Waals surface area contributed by atoms with Gasteiger partial charge in [-0.15, -0.1) is 11.3 Å². The van der Waals surface area contributed by atoms with Gasteiger partial charge in [0.15, 0.2) is 5.13 Å². The highest BCUT2D eigenvalue weighted by Crippen LogP contribution is 2.33. The molecular formula is C22H26N4O2S. The molecular weight excluding hydrogens is 384 g/mol. The highest BCUT2D eigenvalue weighted by atomic mass is 32.1. The van der Waals surface area contributed by atoms with Crippen molar-refractivity contribution in [2.45, 2.75) is 51.9 Å². The molecule has 0 bridgehead atoms. The first kappa shape index (κ1) is 19.8. The zero-order valence-corrected chi connectivity index (χ0v) is 17.5. The van der Waals surface area contributed by atoms with Gasteiger partial charge in [-0.1, -0.05) is 43.7 Å². The second-order valence-corrected chi connectivity index (χ2v) is 8.72. The second-order valence-electron chi connectivity index (χ2n) is 7.63. The highest BCUT2D eigenvalue weighted by molar-refractivity contribution is 7.15. The van der Waals surface area contributed by atoms with Crippen LogP contribution in [0.4, 0.5) is 5.13 Å². The molecule has 2 heterocycles. The molecule has 2 amide bonds. The summed E-state index contributed by atoms with van der Waals surface area (Å²) in [4.78, 5) is 30.6. The Morgan fingerprint density at radius 1 is 1.21 bits per heavy atom. The number of aryl methyl sites for hydroxylation is 1. The Hall–Kier alpha value is -2.54. The van der Waals surface area contributed by atoms with Crippen molar-refractivity contribution in [2.24, 2.45) is 11.0 Å². The SMILES string of the molecule is CCC1CCc2nc(NC(=O)CCC(=O)N3CCC(c4ccccc4)=N3)sc2C1. The molecule has 6 nitrogen and oxygen atoms in total. The van der Waals surface area contributed by atoms with Crippen molar-refractivity contribution in [1.29, 1.82) is 0 Å². The molecule has 0 spiro atoms. The van der Waals surface area contributed by atoms with Gasteiger partial charge in [-0.2, -0.15) is 5.10 Å². The Bertz CT molecular complexity index is 922. The van der Waals surface area contributed by atoms with E-state index < -0.39 is 0 Å². The van der Waals surface area contributed by atoms with E-state index in [4.69, 9.17) is 0 Å². The molecule has 0 radical (unpaired) electrons. The van der Waals surface area contributed by atoms with E-state index in [0.717, 1.165) is 42.1 Å². The maximum absolute atomic E-state index is 12.4. The Balaban J connectivity index is 1.27. The molecule has 1 aromatic carbocycles. The van der Waals surface area contributed by atoms with Gasteiger partial charge in [0.1, 0.15) is 0 Å². The smallest absolute Gasteiger partial charge is 0.243 e.